The number of benzene rings is 8. The Morgan fingerprint density at radius 3 is 2.00 bits per heavy atom. The molecule has 1 aliphatic carbocycles. The minimum absolute atomic E-state index is 0.384. The number of anilines is 4. The molecule has 55 heavy (non-hydrogen) atoms. The number of hydrogen-bond donors (Lipinski definition) is 2. The van der Waals surface area contributed by atoms with Crippen molar-refractivity contribution < 1.29 is 4.42 Å². The van der Waals surface area contributed by atoms with Crippen LogP contribution in [0, 0.1) is 5.41 Å². The van der Waals surface area contributed by atoms with E-state index in [-0.39, 0.29) is 0 Å². The Kier molecular flexibility index (Phi) is 7.89. The van der Waals surface area contributed by atoms with Crippen LogP contribution in [-0.2, 0) is 0 Å². The van der Waals surface area contributed by atoms with E-state index in [0.717, 1.165) is 83.3 Å². The highest BCUT2D eigenvalue weighted by Crippen LogP contribution is 2.45. The third-order valence-corrected chi connectivity index (χ3v) is 10.4. The highest BCUT2D eigenvalue weighted by molar-refractivity contribution is 6.55. The molecule has 0 aliphatic heterocycles. The average molecular weight is 707 g/mol. The molecule has 260 valence electrons. The van der Waals surface area contributed by atoms with Gasteiger partial charge in [0.2, 0.25) is 0 Å². The SMILES string of the molecule is N=C1/C(=N\Nc2ccccc2)C=Cc2ccc3cc(N(c4ccc5c(c4)oc4ccccc45)c4ccccc4-c4ccccc4-c4ccccc4)ccc3c21. The van der Waals surface area contributed by atoms with Crippen LogP contribution in [0.5, 0.6) is 0 Å². The smallest absolute Gasteiger partial charge is 0.137 e. The first-order valence-corrected chi connectivity index (χ1v) is 18.4. The van der Waals surface area contributed by atoms with Crippen LogP contribution >= 0.6 is 0 Å². The summed E-state index contributed by atoms with van der Waals surface area (Å²) >= 11 is 0. The molecule has 0 saturated carbocycles. The van der Waals surface area contributed by atoms with Crippen molar-refractivity contribution in [3.05, 3.63) is 199 Å². The van der Waals surface area contributed by atoms with E-state index in [1.807, 2.05) is 54.6 Å². The summed E-state index contributed by atoms with van der Waals surface area (Å²) in [7, 11) is 0. The average Bonchev–Trinajstić information content (AvgIpc) is 3.62. The summed E-state index contributed by atoms with van der Waals surface area (Å²) < 4.78 is 6.44. The topological polar surface area (TPSA) is 64.6 Å². The first kappa shape index (κ1) is 32.2. The molecule has 10 rings (SSSR count). The Balaban J connectivity index is 1.14. The second-order valence-corrected chi connectivity index (χ2v) is 13.7. The second kappa shape index (κ2) is 13.5. The van der Waals surface area contributed by atoms with Gasteiger partial charge < -0.3 is 9.32 Å². The van der Waals surface area contributed by atoms with Gasteiger partial charge in [-0.3, -0.25) is 10.8 Å². The van der Waals surface area contributed by atoms with Gasteiger partial charge in [0.1, 0.15) is 16.9 Å². The summed E-state index contributed by atoms with van der Waals surface area (Å²) in [6, 6.07) is 63.1. The molecule has 9 aromatic rings. The summed E-state index contributed by atoms with van der Waals surface area (Å²) in [6.07, 6.45) is 3.95. The maximum absolute atomic E-state index is 9.28. The summed E-state index contributed by atoms with van der Waals surface area (Å²) in [5.74, 6) is 0. The highest BCUT2D eigenvalue weighted by atomic mass is 16.3. The van der Waals surface area contributed by atoms with Gasteiger partial charge in [-0.2, -0.15) is 5.10 Å². The molecule has 8 aromatic carbocycles. The van der Waals surface area contributed by atoms with E-state index in [9.17, 15) is 5.41 Å². The van der Waals surface area contributed by atoms with Crippen molar-refractivity contribution in [2.75, 3.05) is 10.3 Å². The lowest BCUT2D eigenvalue weighted by atomic mass is 9.89. The van der Waals surface area contributed by atoms with E-state index in [4.69, 9.17) is 4.42 Å². The molecule has 1 heterocycles. The van der Waals surface area contributed by atoms with Gasteiger partial charge in [0.25, 0.3) is 0 Å². The van der Waals surface area contributed by atoms with Crippen LogP contribution in [-0.4, -0.2) is 11.4 Å². The van der Waals surface area contributed by atoms with E-state index >= 15 is 0 Å². The van der Waals surface area contributed by atoms with E-state index in [1.54, 1.807) is 0 Å². The lowest BCUT2D eigenvalue weighted by molar-refractivity contribution is 0.669. The van der Waals surface area contributed by atoms with Crippen LogP contribution in [0.25, 0.3) is 61.0 Å². The summed E-state index contributed by atoms with van der Waals surface area (Å²) in [5, 5.41) is 18.1. The van der Waals surface area contributed by atoms with Crippen molar-refractivity contribution in [3.8, 4) is 22.3 Å². The number of hydrogen-bond acceptors (Lipinski definition) is 5. The zero-order chi connectivity index (χ0) is 36.7. The molecule has 0 amide bonds. The van der Waals surface area contributed by atoms with Crippen LogP contribution in [0.4, 0.5) is 22.7 Å². The van der Waals surface area contributed by atoms with E-state index in [1.165, 1.54) is 5.56 Å². The van der Waals surface area contributed by atoms with E-state index in [0.29, 0.717) is 11.4 Å². The van der Waals surface area contributed by atoms with Gasteiger partial charge in [-0.1, -0.05) is 133 Å². The monoisotopic (exact) mass is 706 g/mol. The number of hydrazone groups is 1. The zero-order valence-electron chi connectivity index (χ0n) is 29.8. The van der Waals surface area contributed by atoms with Gasteiger partial charge >= 0.3 is 0 Å². The first-order chi connectivity index (χ1) is 27.2. The molecule has 5 heteroatoms. The molecule has 0 saturated heterocycles. The molecule has 0 radical (unpaired) electrons. The van der Waals surface area contributed by atoms with Gasteiger partial charge in [-0.15, -0.1) is 0 Å². The molecular weight excluding hydrogens is 673 g/mol. The number of nitrogens with zero attached hydrogens (tertiary/aromatic N) is 2. The Morgan fingerprint density at radius 2 is 1.16 bits per heavy atom. The fraction of sp³-hybridized carbons (Fsp3) is 0. The van der Waals surface area contributed by atoms with E-state index in [2.05, 4.69) is 155 Å². The minimum atomic E-state index is 0.384. The largest absolute Gasteiger partial charge is 0.456 e. The van der Waals surface area contributed by atoms with Crippen molar-refractivity contribution in [3.63, 3.8) is 0 Å². The van der Waals surface area contributed by atoms with Crippen molar-refractivity contribution in [2.45, 2.75) is 0 Å². The van der Waals surface area contributed by atoms with E-state index < -0.39 is 0 Å². The lowest BCUT2D eigenvalue weighted by Crippen LogP contribution is -2.19. The first-order valence-electron chi connectivity index (χ1n) is 18.4. The number of nitrogens with one attached hydrogen (secondary N) is 2. The Hall–Kier alpha value is -7.50. The number of fused-ring (bicyclic) bond motifs is 6. The third-order valence-electron chi connectivity index (χ3n) is 10.4. The maximum atomic E-state index is 9.28. The quantitative estimate of drug-likeness (QED) is 0.162. The van der Waals surface area contributed by atoms with Crippen LogP contribution in [0.15, 0.2) is 198 Å². The standard InChI is InChI=1S/C50H34N4O/c51-50-45(53-52-36-15-5-2-6-16-36)30-25-34-23-24-35-31-37(26-28-40(35)49(34)50)54(38-27-29-44-43-20-10-12-22-47(43)55-48(44)32-38)46-21-11-9-19-42(46)41-18-8-7-17-39(41)33-13-3-1-4-14-33/h1-32,51-52H/b51-50?,53-45-. The van der Waals surface area contributed by atoms with Crippen molar-refractivity contribution in [2.24, 2.45) is 5.10 Å². The third kappa shape index (κ3) is 5.75. The summed E-state index contributed by atoms with van der Waals surface area (Å²) in [6.45, 7) is 0. The number of allylic oxidation sites excluding steroid dienone is 1. The molecule has 2 N–H and O–H groups in total. The van der Waals surface area contributed by atoms with Gasteiger partial charge in [0.05, 0.1) is 17.1 Å². The van der Waals surface area contributed by atoms with Gasteiger partial charge in [-0.25, -0.2) is 0 Å². The molecule has 0 spiro atoms. The van der Waals surface area contributed by atoms with Gasteiger partial charge in [0, 0.05) is 39.3 Å². The van der Waals surface area contributed by atoms with Crippen LogP contribution in [0.1, 0.15) is 11.1 Å². The van der Waals surface area contributed by atoms with Gasteiger partial charge in [0.15, 0.2) is 0 Å². The molecule has 5 nitrogen and oxygen atoms in total. The Morgan fingerprint density at radius 1 is 0.509 bits per heavy atom. The predicted octanol–water partition coefficient (Wildman–Crippen LogP) is 13.4. The van der Waals surface area contributed by atoms with Gasteiger partial charge in [-0.05, 0) is 87.6 Å². The second-order valence-electron chi connectivity index (χ2n) is 13.7. The fourth-order valence-corrected chi connectivity index (χ4v) is 7.77. The summed E-state index contributed by atoms with van der Waals surface area (Å²) in [5.41, 5.74) is 16.1. The maximum Gasteiger partial charge on any atom is 0.137 e. The Labute approximate surface area is 318 Å². The normalized spacial score (nSPS) is 13.1. The number of furan rings is 1. The molecule has 0 atom stereocenters. The number of rotatable bonds is 7. The van der Waals surface area contributed by atoms with Crippen LogP contribution in [0.3, 0.4) is 0 Å². The number of para-hydroxylation sites is 3. The predicted molar refractivity (Wildman–Crippen MR) is 230 cm³/mol. The summed E-state index contributed by atoms with van der Waals surface area (Å²) in [4.78, 5) is 2.32. The zero-order valence-corrected chi connectivity index (χ0v) is 29.8. The molecule has 0 unspecified atom stereocenters. The van der Waals surface area contributed by atoms with Crippen molar-refractivity contribution in [1.29, 1.82) is 5.41 Å². The molecule has 0 bridgehead atoms. The molecule has 0 fully saturated rings. The molecule has 1 aliphatic rings. The van der Waals surface area contributed by atoms with Crippen molar-refractivity contribution >= 4 is 73.0 Å². The molecule has 1 aromatic heterocycles. The Bertz CT molecular complexity index is 2980. The fourth-order valence-electron chi connectivity index (χ4n) is 7.77. The highest BCUT2D eigenvalue weighted by Gasteiger charge is 2.23. The molecular formula is C50H34N4O. The van der Waals surface area contributed by atoms with Crippen LogP contribution in [0.2, 0.25) is 0 Å². The van der Waals surface area contributed by atoms with Crippen molar-refractivity contribution in [1.82, 2.24) is 0 Å². The lowest BCUT2D eigenvalue weighted by Gasteiger charge is -2.29. The minimum Gasteiger partial charge on any atom is -0.456 e. The van der Waals surface area contributed by atoms with Crippen LogP contribution < -0.4 is 10.3 Å².